The number of nitrogens with zero attached hydrogens (tertiary/aromatic N) is 1. The molecule has 0 unspecified atom stereocenters. The van der Waals surface area contributed by atoms with Gasteiger partial charge in [0.15, 0.2) is 9.84 Å². The first kappa shape index (κ1) is 14.2. The van der Waals surface area contributed by atoms with E-state index in [1.165, 1.54) is 0 Å². The Balaban J connectivity index is 2.03. The van der Waals surface area contributed by atoms with Crippen LogP contribution < -0.4 is 10.2 Å². The van der Waals surface area contributed by atoms with Gasteiger partial charge in [0.05, 0.1) is 11.5 Å². The molecule has 1 aliphatic heterocycles. The van der Waals surface area contributed by atoms with E-state index in [-0.39, 0.29) is 17.0 Å². The van der Waals surface area contributed by atoms with E-state index in [9.17, 15) is 8.42 Å². The second-order valence-corrected chi connectivity index (χ2v) is 8.36. The van der Waals surface area contributed by atoms with E-state index in [2.05, 4.69) is 31.0 Å². The molecular formula is C14H22N2O2S. The molecule has 1 saturated heterocycles. The first-order valence-electron chi connectivity index (χ1n) is 6.59. The van der Waals surface area contributed by atoms with Crippen LogP contribution in [0.5, 0.6) is 0 Å². The van der Waals surface area contributed by atoms with E-state index in [0.717, 1.165) is 11.4 Å². The second kappa shape index (κ2) is 5.04. The molecule has 1 aromatic rings. The van der Waals surface area contributed by atoms with Gasteiger partial charge in [-0.1, -0.05) is 0 Å². The fraction of sp³-hybridized carbons (Fsp3) is 0.571. The van der Waals surface area contributed by atoms with Gasteiger partial charge in [0.25, 0.3) is 0 Å². The quantitative estimate of drug-likeness (QED) is 0.903. The smallest absolute Gasteiger partial charge is 0.153 e. The van der Waals surface area contributed by atoms with Crippen molar-refractivity contribution >= 4 is 21.2 Å². The average Bonchev–Trinajstić information content (AvgIpc) is 2.28. The van der Waals surface area contributed by atoms with Gasteiger partial charge < -0.3 is 10.2 Å². The summed E-state index contributed by atoms with van der Waals surface area (Å²) in [4.78, 5) is 2.13. The highest BCUT2D eigenvalue weighted by molar-refractivity contribution is 7.91. The van der Waals surface area contributed by atoms with Crippen molar-refractivity contribution in [3.05, 3.63) is 24.3 Å². The van der Waals surface area contributed by atoms with E-state index in [1.807, 2.05) is 24.3 Å². The third-order valence-electron chi connectivity index (χ3n) is 3.10. The molecule has 4 nitrogen and oxygen atoms in total. The van der Waals surface area contributed by atoms with Gasteiger partial charge in [-0.25, -0.2) is 8.42 Å². The van der Waals surface area contributed by atoms with E-state index in [4.69, 9.17) is 0 Å². The molecule has 0 aliphatic carbocycles. The molecule has 0 amide bonds. The zero-order valence-corrected chi connectivity index (χ0v) is 12.6. The van der Waals surface area contributed by atoms with Crippen LogP contribution in [0, 0.1) is 0 Å². The monoisotopic (exact) mass is 282 g/mol. The normalized spacial score (nSPS) is 19.2. The molecule has 1 aliphatic rings. The highest BCUT2D eigenvalue weighted by Gasteiger charge is 2.21. The molecule has 1 heterocycles. The summed E-state index contributed by atoms with van der Waals surface area (Å²) in [5.74, 6) is 0.518. The summed E-state index contributed by atoms with van der Waals surface area (Å²) in [5, 5.41) is 3.41. The minimum Gasteiger partial charge on any atom is -0.380 e. The van der Waals surface area contributed by atoms with Crippen LogP contribution in [0.1, 0.15) is 20.8 Å². The summed E-state index contributed by atoms with van der Waals surface area (Å²) >= 11 is 0. The van der Waals surface area contributed by atoms with Gasteiger partial charge in [0.1, 0.15) is 0 Å². The molecule has 0 aromatic heterocycles. The Hall–Kier alpha value is -1.23. The van der Waals surface area contributed by atoms with Crippen LogP contribution in [-0.2, 0) is 9.84 Å². The summed E-state index contributed by atoms with van der Waals surface area (Å²) in [5.41, 5.74) is 2.22. The minimum absolute atomic E-state index is 0.0424. The Morgan fingerprint density at radius 2 is 1.58 bits per heavy atom. The van der Waals surface area contributed by atoms with Gasteiger partial charge >= 0.3 is 0 Å². The molecule has 1 aromatic carbocycles. The molecule has 1 N–H and O–H groups in total. The van der Waals surface area contributed by atoms with Gasteiger partial charge in [-0.2, -0.15) is 0 Å². The molecule has 5 heteroatoms. The van der Waals surface area contributed by atoms with Crippen molar-refractivity contribution in [2.75, 3.05) is 34.8 Å². The topological polar surface area (TPSA) is 49.4 Å². The predicted molar refractivity (Wildman–Crippen MR) is 80.7 cm³/mol. The highest BCUT2D eigenvalue weighted by Crippen LogP contribution is 2.21. The van der Waals surface area contributed by atoms with Crippen molar-refractivity contribution < 1.29 is 8.42 Å². The van der Waals surface area contributed by atoms with Gasteiger partial charge in [-0.05, 0) is 45.0 Å². The van der Waals surface area contributed by atoms with Crippen molar-refractivity contribution in [2.45, 2.75) is 26.3 Å². The third kappa shape index (κ3) is 4.13. The Morgan fingerprint density at radius 3 is 2.05 bits per heavy atom. The van der Waals surface area contributed by atoms with Gasteiger partial charge in [0.2, 0.25) is 0 Å². The lowest BCUT2D eigenvalue weighted by molar-refractivity contribution is 0.587. The number of benzene rings is 1. The Labute approximate surface area is 115 Å². The summed E-state index contributed by atoms with van der Waals surface area (Å²) in [6.07, 6.45) is 0. The van der Waals surface area contributed by atoms with Crippen molar-refractivity contribution in [1.29, 1.82) is 0 Å². The number of sulfone groups is 1. The summed E-state index contributed by atoms with van der Waals surface area (Å²) < 4.78 is 22.8. The molecule has 0 saturated carbocycles. The first-order chi connectivity index (χ1) is 8.75. The van der Waals surface area contributed by atoms with Crippen LogP contribution in [0.3, 0.4) is 0 Å². The number of rotatable bonds is 2. The van der Waals surface area contributed by atoms with E-state index in [1.54, 1.807) is 0 Å². The van der Waals surface area contributed by atoms with Crippen molar-refractivity contribution in [3.63, 3.8) is 0 Å². The molecule has 0 atom stereocenters. The van der Waals surface area contributed by atoms with Gasteiger partial charge in [-0.3, -0.25) is 0 Å². The van der Waals surface area contributed by atoms with Crippen molar-refractivity contribution in [3.8, 4) is 0 Å². The number of nitrogens with one attached hydrogen (secondary N) is 1. The zero-order valence-electron chi connectivity index (χ0n) is 11.8. The lowest BCUT2D eigenvalue weighted by Gasteiger charge is -2.29. The lowest BCUT2D eigenvalue weighted by Crippen LogP contribution is -2.40. The molecule has 0 bridgehead atoms. The van der Waals surface area contributed by atoms with Crippen molar-refractivity contribution in [1.82, 2.24) is 0 Å². The van der Waals surface area contributed by atoms with Gasteiger partial charge in [0, 0.05) is 30.0 Å². The van der Waals surface area contributed by atoms with E-state index >= 15 is 0 Å². The SMILES string of the molecule is CC(C)(C)Nc1ccc(N2CCS(=O)(=O)CC2)cc1. The molecule has 19 heavy (non-hydrogen) atoms. The highest BCUT2D eigenvalue weighted by atomic mass is 32.2. The van der Waals surface area contributed by atoms with Crippen LogP contribution >= 0.6 is 0 Å². The van der Waals surface area contributed by atoms with Crippen LogP contribution in [0.2, 0.25) is 0 Å². The van der Waals surface area contributed by atoms with E-state index in [0.29, 0.717) is 13.1 Å². The van der Waals surface area contributed by atoms with Crippen LogP contribution in [0.25, 0.3) is 0 Å². The third-order valence-corrected chi connectivity index (χ3v) is 4.71. The van der Waals surface area contributed by atoms with Crippen LogP contribution in [-0.4, -0.2) is 38.6 Å². The molecule has 106 valence electrons. The number of hydrogen-bond donors (Lipinski definition) is 1. The summed E-state index contributed by atoms with van der Waals surface area (Å²) in [6, 6.07) is 8.19. The van der Waals surface area contributed by atoms with E-state index < -0.39 is 9.84 Å². The lowest BCUT2D eigenvalue weighted by atomic mass is 10.1. The molecule has 0 radical (unpaired) electrons. The Bertz CT molecular complexity index is 516. The first-order valence-corrected chi connectivity index (χ1v) is 8.41. The van der Waals surface area contributed by atoms with Gasteiger partial charge in [-0.15, -0.1) is 0 Å². The van der Waals surface area contributed by atoms with Crippen LogP contribution in [0.15, 0.2) is 24.3 Å². The summed E-state index contributed by atoms with van der Waals surface area (Å²) in [7, 11) is -2.81. The largest absolute Gasteiger partial charge is 0.380 e. The van der Waals surface area contributed by atoms with Crippen LogP contribution in [0.4, 0.5) is 11.4 Å². The molecule has 1 fully saturated rings. The average molecular weight is 282 g/mol. The fourth-order valence-electron chi connectivity index (χ4n) is 2.16. The maximum Gasteiger partial charge on any atom is 0.153 e. The molecular weight excluding hydrogens is 260 g/mol. The standard InChI is InChI=1S/C14H22N2O2S/c1-14(2,3)15-12-4-6-13(7-5-12)16-8-10-19(17,18)11-9-16/h4-7,15H,8-11H2,1-3H3. The Kier molecular flexibility index (Phi) is 3.76. The summed E-state index contributed by atoms with van der Waals surface area (Å²) in [6.45, 7) is 7.55. The Morgan fingerprint density at radius 1 is 1.05 bits per heavy atom. The predicted octanol–water partition coefficient (Wildman–Crippen LogP) is 2.13. The maximum absolute atomic E-state index is 11.4. The second-order valence-electron chi connectivity index (χ2n) is 6.06. The fourth-order valence-corrected chi connectivity index (χ4v) is 3.36. The minimum atomic E-state index is -2.81. The maximum atomic E-state index is 11.4. The molecule has 0 spiro atoms. The number of anilines is 2. The molecule has 2 rings (SSSR count). The van der Waals surface area contributed by atoms with Crippen molar-refractivity contribution in [2.24, 2.45) is 0 Å². The zero-order chi connectivity index (χ0) is 14.1. The number of hydrogen-bond acceptors (Lipinski definition) is 4.